The Morgan fingerprint density at radius 3 is 2.74 bits per heavy atom. The van der Waals surface area contributed by atoms with Gasteiger partial charge in [0.1, 0.15) is 12.4 Å². The first-order valence-corrected chi connectivity index (χ1v) is 9.03. The van der Waals surface area contributed by atoms with E-state index in [9.17, 15) is 9.59 Å². The van der Waals surface area contributed by atoms with Crippen molar-refractivity contribution in [2.75, 3.05) is 30.5 Å². The molecule has 2 aromatic carbocycles. The van der Waals surface area contributed by atoms with E-state index in [1.165, 1.54) is 12.7 Å². The van der Waals surface area contributed by atoms with Gasteiger partial charge in [-0.3, -0.25) is 9.59 Å². The standard InChI is InChI=1S/C21H24N2O4/c1-15-21(25)23(12-6-9-16-7-4-3-5-8-16)18-13-17(10-11-19(18)27-15)22-20(24)14-26-2/h3-5,7-8,10-11,13,15H,6,9,12,14H2,1-2H3,(H,22,24). The summed E-state index contributed by atoms with van der Waals surface area (Å²) < 4.78 is 10.6. The molecular formula is C21H24N2O4. The molecule has 0 aliphatic carbocycles. The normalized spacial score (nSPS) is 15.9. The van der Waals surface area contributed by atoms with Gasteiger partial charge >= 0.3 is 0 Å². The van der Waals surface area contributed by atoms with E-state index in [0.717, 1.165) is 12.8 Å². The van der Waals surface area contributed by atoms with Crippen molar-refractivity contribution in [2.45, 2.75) is 25.9 Å². The van der Waals surface area contributed by atoms with Gasteiger partial charge in [-0.1, -0.05) is 30.3 Å². The molecule has 3 rings (SSSR count). The molecule has 0 saturated carbocycles. The Labute approximate surface area is 159 Å². The van der Waals surface area contributed by atoms with Crippen LogP contribution in [-0.4, -0.2) is 38.2 Å². The number of nitrogens with one attached hydrogen (secondary N) is 1. The number of fused-ring (bicyclic) bond motifs is 1. The Hall–Kier alpha value is -2.86. The number of benzene rings is 2. The van der Waals surface area contributed by atoms with Crippen LogP contribution in [0.15, 0.2) is 48.5 Å². The SMILES string of the molecule is COCC(=O)Nc1ccc2c(c1)N(CCCc1ccccc1)C(=O)C(C)O2. The van der Waals surface area contributed by atoms with Gasteiger partial charge in [0.2, 0.25) is 5.91 Å². The first-order chi connectivity index (χ1) is 13.1. The smallest absolute Gasteiger partial charge is 0.267 e. The molecule has 0 aromatic heterocycles. The number of hydrogen-bond acceptors (Lipinski definition) is 4. The van der Waals surface area contributed by atoms with Gasteiger partial charge in [0.15, 0.2) is 6.10 Å². The van der Waals surface area contributed by atoms with Crippen LogP contribution >= 0.6 is 0 Å². The lowest BCUT2D eigenvalue weighted by atomic mass is 10.1. The maximum absolute atomic E-state index is 12.7. The summed E-state index contributed by atoms with van der Waals surface area (Å²) in [5.74, 6) is 0.326. The Balaban J connectivity index is 1.75. The summed E-state index contributed by atoms with van der Waals surface area (Å²) in [5.41, 5.74) is 2.53. The molecule has 1 N–H and O–H groups in total. The van der Waals surface area contributed by atoms with Crippen molar-refractivity contribution in [1.29, 1.82) is 0 Å². The number of nitrogens with zero attached hydrogens (tertiary/aromatic N) is 1. The van der Waals surface area contributed by atoms with Gasteiger partial charge in [0.05, 0.1) is 5.69 Å². The Kier molecular flexibility index (Phi) is 6.08. The van der Waals surface area contributed by atoms with E-state index in [1.807, 2.05) is 18.2 Å². The molecule has 142 valence electrons. The molecule has 0 spiro atoms. The van der Waals surface area contributed by atoms with Crippen molar-refractivity contribution in [3.05, 3.63) is 54.1 Å². The van der Waals surface area contributed by atoms with Crippen molar-refractivity contribution >= 4 is 23.2 Å². The third kappa shape index (κ3) is 4.65. The fourth-order valence-corrected chi connectivity index (χ4v) is 3.13. The minimum atomic E-state index is -0.525. The Bertz CT molecular complexity index is 807. The molecule has 1 atom stereocenters. The molecule has 1 heterocycles. The van der Waals surface area contributed by atoms with E-state index in [2.05, 4.69) is 17.4 Å². The summed E-state index contributed by atoms with van der Waals surface area (Å²) in [6.45, 7) is 2.32. The van der Waals surface area contributed by atoms with Gasteiger partial charge in [-0.05, 0) is 43.5 Å². The van der Waals surface area contributed by atoms with Gasteiger partial charge in [-0.15, -0.1) is 0 Å². The van der Waals surface area contributed by atoms with Crippen LogP contribution in [0.25, 0.3) is 0 Å². The minimum Gasteiger partial charge on any atom is -0.479 e. The zero-order valence-electron chi connectivity index (χ0n) is 15.6. The van der Waals surface area contributed by atoms with Crippen LogP contribution in [0, 0.1) is 0 Å². The molecular weight excluding hydrogens is 344 g/mol. The highest BCUT2D eigenvalue weighted by Gasteiger charge is 2.31. The maximum atomic E-state index is 12.7. The first kappa shape index (κ1) is 18.9. The third-order valence-corrected chi connectivity index (χ3v) is 4.42. The monoisotopic (exact) mass is 368 g/mol. The number of amides is 2. The number of carbonyl (C=O) groups excluding carboxylic acids is 2. The van der Waals surface area contributed by atoms with Gasteiger partial charge in [0.25, 0.3) is 5.91 Å². The van der Waals surface area contributed by atoms with Crippen LogP contribution in [0.5, 0.6) is 5.75 Å². The van der Waals surface area contributed by atoms with Crippen LogP contribution in [0.2, 0.25) is 0 Å². The molecule has 0 fully saturated rings. The van der Waals surface area contributed by atoms with Crippen molar-refractivity contribution in [3.8, 4) is 5.75 Å². The minimum absolute atomic E-state index is 0.0235. The number of rotatable bonds is 7. The first-order valence-electron chi connectivity index (χ1n) is 9.03. The fourth-order valence-electron chi connectivity index (χ4n) is 3.13. The summed E-state index contributed by atoms with van der Waals surface area (Å²) in [6.07, 6.45) is 1.20. The number of carbonyl (C=O) groups is 2. The number of methoxy groups -OCH3 is 1. The van der Waals surface area contributed by atoms with Crippen molar-refractivity contribution in [2.24, 2.45) is 0 Å². The molecule has 1 aliphatic rings. The van der Waals surface area contributed by atoms with Crippen molar-refractivity contribution in [3.63, 3.8) is 0 Å². The highest BCUT2D eigenvalue weighted by molar-refractivity contribution is 6.01. The molecule has 2 amide bonds. The second kappa shape index (κ2) is 8.68. The summed E-state index contributed by atoms with van der Waals surface area (Å²) in [5, 5.41) is 2.76. The number of anilines is 2. The van der Waals surface area contributed by atoms with E-state index < -0.39 is 6.10 Å². The second-order valence-electron chi connectivity index (χ2n) is 6.50. The Morgan fingerprint density at radius 1 is 1.22 bits per heavy atom. The molecule has 0 saturated heterocycles. The Morgan fingerprint density at radius 2 is 2.00 bits per heavy atom. The average Bonchev–Trinajstić information content (AvgIpc) is 2.66. The number of hydrogen-bond donors (Lipinski definition) is 1. The highest BCUT2D eigenvalue weighted by atomic mass is 16.5. The van der Waals surface area contributed by atoms with Crippen molar-refractivity contribution < 1.29 is 19.1 Å². The summed E-state index contributed by atoms with van der Waals surface area (Å²) in [6, 6.07) is 15.5. The quantitative estimate of drug-likeness (QED) is 0.816. The lowest BCUT2D eigenvalue weighted by Crippen LogP contribution is -2.45. The predicted molar refractivity (Wildman–Crippen MR) is 104 cm³/mol. The lowest BCUT2D eigenvalue weighted by molar-refractivity contribution is -0.125. The van der Waals surface area contributed by atoms with Gasteiger partial charge in [-0.2, -0.15) is 0 Å². The third-order valence-electron chi connectivity index (χ3n) is 4.42. The van der Waals surface area contributed by atoms with Gasteiger partial charge in [0, 0.05) is 19.3 Å². The van der Waals surface area contributed by atoms with E-state index >= 15 is 0 Å². The molecule has 6 heteroatoms. The van der Waals surface area contributed by atoms with Gasteiger partial charge in [-0.25, -0.2) is 0 Å². The number of ether oxygens (including phenoxy) is 2. The predicted octanol–water partition coefficient (Wildman–Crippen LogP) is 3.02. The fraction of sp³-hybridized carbons (Fsp3) is 0.333. The topological polar surface area (TPSA) is 67.9 Å². The van der Waals surface area contributed by atoms with E-state index in [4.69, 9.17) is 9.47 Å². The maximum Gasteiger partial charge on any atom is 0.267 e. The second-order valence-corrected chi connectivity index (χ2v) is 6.50. The molecule has 6 nitrogen and oxygen atoms in total. The zero-order chi connectivity index (χ0) is 19.2. The van der Waals surface area contributed by atoms with Crippen LogP contribution in [0.4, 0.5) is 11.4 Å². The summed E-state index contributed by atoms with van der Waals surface area (Å²) in [4.78, 5) is 26.2. The van der Waals surface area contributed by atoms with E-state index in [-0.39, 0.29) is 18.4 Å². The molecule has 0 bridgehead atoms. The molecule has 0 radical (unpaired) electrons. The number of aryl methyl sites for hydroxylation is 1. The van der Waals surface area contributed by atoms with Crippen LogP contribution < -0.4 is 15.0 Å². The largest absolute Gasteiger partial charge is 0.479 e. The van der Waals surface area contributed by atoms with E-state index in [0.29, 0.717) is 23.7 Å². The molecule has 1 unspecified atom stereocenters. The van der Waals surface area contributed by atoms with Crippen LogP contribution in [0.3, 0.4) is 0 Å². The average molecular weight is 368 g/mol. The van der Waals surface area contributed by atoms with E-state index in [1.54, 1.807) is 30.0 Å². The molecule has 2 aromatic rings. The summed E-state index contributed by atoms with van der Waals surface area (Å²) >= 11 is 0. The zero-order valence-corrected chi connectivity index (χ0v) is 15.6. The highest BCUT2D eigenvalue weighted by Crippen LogP contribution is 2.36. The van der Waals surface area contributed by atoms with Crippen LogP contribution in [0.1, 0.15) is 18.9 Å². The van der Waals surface area contributed by atoms with Gasteiger partial charge < -0.3 is 19.7 Å². The molecule has 27 heavy (non-hydrogen) atoms. The summed E-state index contributed by atoms with van der Waals surface area (Å²) in [7, 11) is 1.47. The lowest BCUT2D eigenvalue weighted by Gasteiger charge is -2.33. The molecule has 1 aliphatic heterocycles. The van der Waals surface area contributed by atoms with Crippen molar-refractivity contribution in [1.82, 2.24) is 0 Å². The van der Waals surface area contributed by atoms with Crippen LogP contribution in [-0.2, 0) is 20.7 Å².